The Morgan fingerprint density at radius 2 is 1.92 bits per heavy atom. The normalized spacial score (nSPS) is 34.2. The molecule has 1 aliphatic carbocycles. The fourth-order valence-electron chi connectivity index (χ4n) is 4.96. The molecule has 0 aromatic rings. The highest BCUT2D eigenvalue weighted by molar-refractivity contribution is 5.81. The summed E-state index contributed by atoms with van der Waals surface area (Å²) in [5, 5.41) is 0. The van der Waals surface area contributed by atoms with Crippen molar-refractivity contribution in [2.24, 2.45) is 23.7 Å². The van der Waals surface area contributed by atoms with E-state index in [1.165, 1.54) is 25.7 Å². The number of carbonyl (C=O) groups is 2. The minimum absolute atomic E-state index is 0.0334. The molecule has 6 nitrogen and oxygen atoms in total. The summed E-state index contributed by atoms with van der Waals surface area (Å²) in [5.41, 5.74) is 5.79. The Hall–Kier alpha value is -1.14. The summed E-state index contributed by atoms with van der Waals surface area (Å²) in [7, 11) is 0. The first kappa shape index (κ1) is 19.6. The lowest BCUT2D eigenvalue weighted by atomic mass is 9.80. The number of carbonyl (C=O) groups excluding carboxylic acids is 2. The van der Waals surface area contributed by atoms with Gasteiger partial charge in [0.2, 0.25) is 11.8 Å². The molecule has 26 heavy (non-hydrogen) atoms. The Kier molecular flexibility index (Phi) is 6.56. The van der Waals surface area contributed by atoms with Crippen molar-refractivity contribution in [1.29, 1.82) is 0 Å². The van der Waals surface area contributed by atoms with E-state index in [4.69, 9.17) is 0 Å². The minimum atomic E-state index is -0.0334. The summed E-state index contributed by atoms with van der Waals surface area (Å²) in [6.07, 6.45) is 6.08. The van der Waals surface area contributed by atoms with Gasteiger partial charge in [-0.1, -0.05) is 40.0 Å². The SMILES string of the molecule is CC(C)CC1C(=O)NNCC1N1CCN(CC2CCCCC2C)C(=O)C1. The first-order chi connectivity index (χ1) is 12.5. The van der Waals surface area contributed by atoms with Gasteiger partial charge in [0, 0.05) is 32.2 Å². The smallest absolute Gasteiger partial charge is 0.238 e. The average molecular weight is 365 g/mol. The van der Waals surface area contributed by atoms with Crippen LogP contribution in [-0.4, -0.2) is 60.4 Å². The van der Waals surface area contributed by atoms with Gasteiger partial charge >= 0.3 is 0 Å². The zero-order chi connectivity index (χ0) is 18.7. The molecule has 0 aromatic carbocycles. The van der Waals surface area contributed by atoms with E-state index < -0.39 is 0 Å². The van der Waals surface area contributed by atoms with Crippen molar-refractivity contribution in [3.8, 4) is 0 Å². The molecule has 3 fully saturated rings. The molecule has 148 valence electrons. The van der Waals surface area contributed by atoms with Crippen LogP contribution in [0.5, 0.6) is 0 Å². The Balaban J connectivity index is 1.58. The molecule has 3 aliphatic rings. The van der Waals surface area contributed by atoms with Gasteiger partial charge in [0.15, 0.2) is 0 Å². The molecule has 4 atom stereocenters. The highest BCUT2D eigenvalue weighted by Crippen LogP contribution is 2.31. The number of hydrogen-bond acceptors (Lipinski definition) is 4. The topological polar surface area (TPSA) is 64.7 Å². The predicted molar refractivity (Wildman–Crippen MR) is 102 cm³/mol. The lowest BCUT2D eigenvalue weighted by Crippen LogP contribution is -2.64. The van der Waals surface area contributed by atoms with Crippen LogP contribution in [0.4, 0.5) is 0 Å². The molecule has 0 bridgehead atoms. The number of rotatable bonds is 5. The molecule has 2 saturated heterocycles. The quantitative estimate of drug-likeness (QED) is 0.778. The van der Waals surface area contributed by atoms with E-state index in [9.17, 15) is 9.59 Å². The molecule has 2 amide bonds. The lowest BCUT2D eigenvalue weighted by molar-refractivity contribution is -0.142. The molecule has 0 radical (unpaired) electrons. The molecular formula is C20H36N4O2. The summed E-state index contributed by atoms with van der Waals surface area (Å²) in [4.78, 5) is 29.5. The molecule has 2 N–H and O–H groups in total. The molecule has 0 spiro atoms. The molecule has 6 heteroatoms. The van der Waals surface area contributed by atoms with E-state index in [1.807, 2.05) is 0 Å². The van der Waals surface area contributed by atoms with Gasteiger partial charge in [0.05, 0.1) is 12.5 Å². The van der Waals surface area contributed by atoms with Crippen LogP contribution < -0.4 is 10.9 Å². The zero-order valence-corrected chi connectivity index (χ0v) is 16.7. The van der Waals surface area contributed by atoms with Crippen LogP contribution in [-0.2, 0) is 9.59 Å². The van der Waals surface area contributed by atoms with Gasteiger partial charge in [0.25, 0.3) is 0 Å². The van der Waals surface area contributed by atoms with E-state index in [-0.39, 0.29) is 23.8 Å². The predicted octanol–water partition coefficient (Wildman–Crippen LogP) is 1.62. The van der Waals surface area contributed by atoms with Crippen LogP contribution in [0.3, 0.4) is 0 Å². The number of piperazine rings is 1. The first-order valence-corrected chi connectivity index (χ1v) is 10.5. The van der Waals surface area contributed by atoms with Crippen LogP contribution in [0.1, 0.15) is 52.9 Å². The maximum atomic E-state index is 12.8. The highest BCUT2D eigenvalue weighted by atomic mass is 16.2. The Bertz CT molecular complexity index is 510. The number of amides is 2. The van der Waals surface area contributed by atoms with Gasteiger partial charge in [-0.3, -0.25) is 19.9 Å². The number of hydrogen-bond donors (Lipinski definition) is 2. The Morgan fingerprint density at radius 1 is 1.15 bits per heavy atom. The van der Waals surface area contributed by atoms with Crippen LogP contribution in [0.2, 0.25) is 0 Å². The van der Waals surface area contributed by atoms with Gasteiger partial charge in [-0.2, -0.15) is 0 Å². The van der Waals surface area contributed by atoms with Crippen molar-refractivity contribution in [2.75, 3.05) is 32.7 Å². The maximum absolute atomic E-state index is 12.8. The Morgan fingerprint density at radius 3 is 2.62 bits per heavy atom. The van der Waals surface area contributed by atoms with Gasteiger partial charge in [-0.15, -0.1) is 0 Å². The van der Waals surface area contributed by atoms with Crippen molar-refractivity contribution >= 4 is 11.8 Å². The maximum Gasteiger partial charge on any atom is 0.238 e. The summed E-state index contributed by atoms with van der Waals surface area (Å²) >= 11 is 0. The number of nitrogens with one attached hydrogen (secondary N) is 2. The third-order valence-corrected chi connectivity index (χ3v) is 6.61. The third-order valence-electron chi connectivity index (χ3n) is 6.61. The summed E-state index contributed by atoms with van der Waals surface area (Å²) in [5.74, 6) is 2.14. The van der Waals surface area contributed by atoms with Crippen LogP contribution >= 0.6 is 0 Å². The van der Waals surface area contributed by atoms with Gasteiger partial charge < -0.3 is 4.90 Å². The van der Waals surface area contributed by atoms with Gasteiger partial charge in [-0.05, 0) is 30.6 Å². The van der Waals surface area contributed by atoms with Crippen molar-refractivity contribution in [1.82, 2.24) is 20.7 Å². The second-order valence-corrected chi connectivity index (χ2v) is 9.01. The van der Waals surface area contributed by atoms with Crippen molar-refractivity contribution in [2.45, 2.75) is 58.9 Å². The van der Waals surface area contributed by atoms with Crippen molar-refractivity contribution < 1.29 is 9.59 Å². The minimum Gasteiger partial charge on any atom is -0.340 e. The zero-order valence-electron chi connectivity index (χ0n) is 16.7. The second-order valence-electron chi connectivity index (χ2n) is 9.01. The van der Waals surface area contributed by atoms with Gasteiger partial charge in [-0.25, -0.2) is 5.43 Å². The first-order valence-electron chi connectivity index (χ1n) is 10.5. The largest absolute Gasteiger partial charge is 0.340 e. The number of hydrazine groups is 1. The fourth-order valence-corrected chi connectivity index (χ4v) is 4.96. The lowest BCUT2D eigenvalue weighted by Gasteiger charge is -2.44. The third kappa shape index (κ3) is 4.58. The van der Waals surface area contributed by atoms with Crippen LogP contribution in [0, 0.1) is 23.7 Å². The van der Waals surface area contributed by atoms with Crippen molar-refractivity contribution in [3.63, 3.8) is 0 Å². The van der Waals surface area contributed by atoms with E-state index >= 15 is 0 Å². The number of nitrogens with zero attached hydrogens (tertiary/aromatic N) is 2. The monoisotopic (exact) mass is 364 g/mol. The van der Waals surface area contributed by atoms with Crippen LogP contribution in [0.25, 0.3) is 0 Å². The molecule has 0 aromatic heterocycles. The average Bonchev–Trinajstić information content (AvgIpc) is 2.60. The Labute approximate surface area is 158 Å². The highest BCUT2D eigenvalue weighted by Gasteiger charge is 2.39. The molecular weight excluding hydrogens is 328 g/mol. The summed E-state index contributed by atoms with van der Waals surface area (Å²) in [6.45, 7) is 10.4. The molecule has 2 aliphatic heterocycles. The van der Waals surface area contributed by atoms with E-state index in [2.05, 4.69) is 41.4 Å². The van der Waals surface area contributed by atoms with Crippen LogP contribution in [0.15, 0.2) is 0 Å². The van der Waals surface area contributed by atoms with E-state index in [0.717, 1.165) is 38.5 Å². The molecule has 4 unspecified atom stereocenters. The molecule has 3 rings (SSSR count). The summed E-state index contributed by atoms with van der Waals surface area (Å²) in [6, 6.07) is 0.117. The van der Waals surface area contributed by atoms with E-state index in [1.54, 1.807) is 0 Å². The molecule has 2 heterocycles. The van der Waals surface area contributed by atoms with E-state index in [0.29, 0.717) is 18.4 Å². The van der Waals surface area contributed by atoms with Crippen molar-refractivity contribution in [3.05, 3.63) is 0 Å². The fraction of sp³-hybridized carbons (Fsp3) is 0.900. The van der Waals surface area contributed by atoms with Gasteiger partial charge in [0.1, 0.15) is 0 Å². The summed E-state index contributed by atoms with van der Waals surface area (Å²) < 4.78 is 0. The molecule has 1 saturated carbocycles. The second kappa shape index (κ2) is 8.70. The standard InChI is InChI=1S/C20H36N4O2/c1-14(2)10-17-18(11-21-22-20(17)26)23-8-9-24(19(25)13-23)12-16-7-5-4-6-15(16)3/h14-18,21H,4-13H2,1-3H3,(H,22,26).